The van der Waals surface area contributed by atoms with E-state index in [9.17, 15) is 13.6 Å². The van der Waals surface area contributed by atoms with Crippen LogP contribution >= 0.6 is 0 Å². The number of rotatable bonds is 4. The van der Waals surface area contributed by atoms with Crippen LogP contribution in [0, 0.1) is 11.6 Å². The highest BCUT2D eigenvalue weighted by Gasteiger charge is 2.20. The van der Waals surface area contributed by atoms with Crippen LogP contribution < -0.4 is 5.32 Å². The Kier molecular flexibility index (Phi) is 4.89. The number of amides is 1. The van der Waals surface area contributed by atoms with Gasteiger partial charge in [0.25, 0.3) is 0 Å². The van der Waals surface area contributed by atoms with E-state index >= 15 is 0 Å². The number of likely N-dealkylation sites (N-methyl/N-ethyl adjacent to an activating group) is 1. The summed E-state index contributed by atoms with van der Waals surface area (Å²) >= 11 is 0. The molecule has 0 spiro atoms. The third kappa shape index (κ3) is 3.45. The van der Waals surface area contributed by atoms with Crippen LogP contribution in [0.15, 0.2) is 18.2 Å². The number of nitrogens with one attached hydrogen (secondary N) is 1. The Morgan fingerprint density at radius 2 is 1.80 bits per heavy atom. The third-order valence-corrected chi connectivity index (χ3v) is 3.55. The minimum atomic E-state index is -0.686. The fourth-order valence-corrected chi connectivity index (χ4v) is 2.26. The van der Waals surface area contributed by atoms with Gasteiger partial charge < -0.3 is 15.1 Å². The van der Waals surface area contributed by atoms with Crippen molar-refractivity contribution in [3.63, 3.8) is 0 Å². The molecule has 20 heavy (non-hydrogen) atoms. The molecule has 6 heteroatoms. The molecule has 1 aliphatic rings. The molecule has 1 aromatic carbocycles. The Hall–Kier alpha value is -1.69. The van der Waals surface area contributed by atoms with Crippen LogP contribution in [-0.2, 0) is 4.79 Å². The van der Waals surface area contributed by atoms with Crippen molar-refractivity contribution in [2.24, 2.45) is 0 Å². The number of carbonyl (C=O) groups is 1. The molecule has 0 atom stereocenters. The van der Waals surface area contributed by atoms with Crippen molar-refractivity contribution in [1.29, 1.82) is 0 Å². The SMILES string of the molecule is CCN1CCN(C(=O)CNc2c(F)cccc2F)CC1. The average molecular weight is 283 g/mol. The lowest BCUT2D eigenvalue weighted by atomic mass is 10.2. The lowest BCUT2D eigenvalue weighted by molar-refractivity contribution is -0.131. The molecule has 1 amide bonds. The van der Waals surface area contributed by atoms with E-state index in [0.717, 1.165) is 31.8 Å². The molecule has 0 aliphatic carbocycles. The molecule has 0 radical (unpaired) electrons. The first-order chi connectivity index (χ1) is 9.61. The van der Waals surface area contributed by atoms with Gasteiger partial charge in [-0.3, -0.25) is 4.79 Å². The van der Waals surface area contributed by atoms with Crippen LogP contribution in [0.4, 0.5) is 14.5 Å². The summed E-state index contributed by atoms with van der Waals surface area (Å²) in [5, 5.41) is 2.55. The van der Waals surface area contributed by atoms with E-state index < -0.39 is 11.6 Å². The number of benzene rings is 1. The molecule has 2 rings (SSSR count). The predicted octanol–water partition coefficient (Wildman–Crippen LogP) is 1.54. The van der Waals surface area contributed by atoms with Crippen LogP contribution in [0.3, 0.4) is 0 Å². The Morgan fingerprint density at radius 3 is 2.35 bits per heavy atom. The zero-order valence-corrected chi connectivity index (χ0v) is 11.5. The van der Waals surface area contributed by atoms with Gasteiger partial charge in [0.15, 0.2) is 0 Å². The number of halogens is 2. The molecule has 1 heterocycles. The number of hydrogen-bond donors (Lipinski definition) is 1. The van der Waals surface area contributed by atoms with E-state index in [0.29, 0.717) is 13.1 Å². The summed E-state index contributed by atoms with van der Waals surface area (Å²) in [6, 6.07) is 3.62. The monoisotopic (exact) mass is 283 g/mol. The van der Waals surface area contributed by atoms with Gasteiger partial charge in [-0.15, -0.1) is 0 Å². The molecule has 1 aromatic rings. The highest BCUT2D eigenvalue weighted by molar-refractivity contribution is 5.81. The van der Waals surface area contributed by atoms with Crippen LogP contribution in [0.2, 0.25) is 0 Å². The standard InChI is InChI=1S/C14H19F2N3O/c1-2-18-6-8-19(9-7-18)13(20)10-17-14-11(15)4-3-5-12(14)16/h3-5,17H,2,6-10H2,1H3. The summed E-state index contributed by atoms with van der Waals surface area (Å²) in [5.74, 6) is -1.51. The normalized spacial score (nSPS) is 16.2. The Balaban J connectivity index is 1.87. The fraction of sp³-hybridized carbons (Fsp3) is 0.500. The van der Waals surface area contributed by atoms with E-state index in [2.05, 4.69) is 17.1 Å². The molecule has 0 bridgehead atoms. The summed E-state index contributed by atoms with van der Waals surface area (Å²) in [7, 11) is 0. The van der Waals surface area contributed by atoms with Crippen molar-refractivity contribution in [2.75, 3.05) is 44.6 Å². The molecular formula is C14H19F2N3O. The largest absolute Gasteiger partial charge is 0.371 e. The number of piperazine rings is 1. The summed E-state index contributed by atoms with van der Waals surface area (Å²) in [6.07, 6.45) is 0. The molecule has 1 N–H and O–H groups in total. The second kappa shape index (κ2) is 6.65. The minimum Gasteiger partial charge on any atom is -0.371 e. The maximum absolute atomic E-state index is 13.4. The van der Waals surface area contributed by atoms with Gasteiger partial charge in [0.05, 0.1) is 6.54 Å². The average Bonchev–Trinajstić information content (AvgIpc) is 2.46. The summed E-state index contributed by atoms with van der Waals surface area (Å²) in [4.78, 5) is 16.0. The molecule has 1 fully saturated rings. The number of para-hydroxylation sites is 1. The number of nitrogens with zero attached hydrogens (tertiary/aromatic N) is 2. The Bertz CT molecular complexity index is 453. The summed E-state index contributed by atoms with van der Waals surface area (Å²) in [6.45, 7) is 5.97. The topological polar surface area (TPSA) is 35.6 Å². The van der Waals surface area contributed by atoms with Gasteiger partial charge in [0.2, 0.25) is 5.91 Å². The van der Waals surface area contributed by atoms with Crippen LogP contribution in [0.1, 0.15) is 6.92 Å². The Morgan fingerprint density at radius 1 is 1.20 bits per heavy atom. The minimum absolute atomic E-state index is 0.0933. The Labute approximate surface area is 117 Å². The van der Waals surface area contributed by atoms with Gasteiger partial charge in [0, 0.05) is 26.2 Å². The van der Waals surface area contributed by atoms with Crippen LogP contribution in [0.25, 0.3) is 0 Å². The molecular weight excluding hydrogens is 264 g/mol. The second-order valence-electron chi connectivity index (χ2n) is 4.77. The lowest BCUT2D eigenvalue weighted by Crippen LogP contribution is -2.49. The first-order valence-electron chi connectivity index (χ1n) is 6.80. The quantitative estimate of drug-likeness (QED) is 0.910. The molecule has 0 aromatic heterocycles. The van der Waals surface area contributed by atoms with Crippen molar-refractivity contribution in [1.82, 2.24) is 9.80 Å². The molecule has 0 unspecified atom stereocenters. The van der Waals surface area contributed by atoms with Gasteiger partial charge in [-0.25, -0.2) is 8.78 Å². The predicted molar refractivity (Wildman–Crippen MR) is 73.5 cm³/mol. The maximum atomic E-state index is 13.4. The van der Waals surface area contributed by atoms with E-state index in [1.54, 1.807) is 4.90 Å². The zero-order chi connectivity index (χ0) is 14.5. The summed E-state index contributed by atoms with van der Waals surface area (Å²) < 4.78 is 26.8. The van der Waals surface area contributed by atoms with Gasteiger partial charge in [-0.05, 0) is 18.7 Å². The molecule has 1 saturated heterocycles. The van der Waals surface area contributed by atoms with Gasteiger partial charge in [0.1, 0.15) is 17.3 Å². The van der Waals surface area contributed by atoms with E-state index in [-0.39, 0.29) is 18.1 Å². The van der Waals surface area contributed by atoms with E-state index in [1.807, 2.05) is 0 Å². The molecule has 110 valence electrons. The van der Waals surface area contributed by atoms with Crippen LogP contribution in [0.5, 0.6) is 0 Å². The highest BCUT2D eigenvalue weighted by Crippen LogP contribution is 2.17. The molecule has 0 saturated carbocycles. The van der Waals surface area contributed by atoms with Gasteiger partial charge >= 0.3 is 0 Å². The fourth-order valence-electron chi connectivity index (χ4n) is 2.26. The number of anilines is 1. The van der Waals surface area contributed by atoms with Crippen molar-refractivity contribution in [3.05, 3.63) is 29.8 Å². The van der Waals surface area contributed by atoms with Crippen molar-refractivity contribution in [2.45, 2.75) is 6.92 Å². The first-order valence-corrected chi connectivity index (χ1v) is 6.80. The summed E-state index contributed by atoms with van der Waals surface area (Å²) in [5.41, 5.74) is -0.243. The molecule has 4 nitrogen and oxygen atoms in total. The zero-order valence-electron chi connectivity index (χ0n) is 11.5. The number of carbonyl (C=O) groups excluding carboxylic acids is 1. The second-order valence-corrected chi connectivity index (χ2v) is 4.77. The third-order valence-electron chi connectivity index (χ3n) is 3.55. The van der Waals surface area contributed by atoms with Gasteiger partial charge in [-0.2, -0.15) is 0 Å². The molecule has 1 aliphatic heterocycles. The van der Waals surface area contributed by atoms with Crippen molar-refractivity contribution in [3.8, 4) is 0 Å². The van der Waals surface area contributed by atoms with Crippen LogP contribution in [-0.4, -0.2) is 55.0 Å². The lowest BCUT2D eigenvalue weighted by Gasteiger charge is -2.34. The smallest absolute Gasteiger partial charge is 0.241 e. The maximum Gasteiger partial charge on any atom is 0.241 e. The van der Waals surface area contributed by atoms with Crippen molar-refractivity contribution < 1.29 is 13.6 Å². The van der Waals surface area contributed by atoms with E-state index in [1.165, 1.54) is 6.07 Å². The number of hydrogen-bond acceptors (Lipinski definition) is 3. The first kappa shape index (κ1) is 14.7. The van der Waals surface area contributed by atoms with Gasteiger partial charge in [-0.1, -0.05) is 13.0 Å². The van der Waals surface area contributed by atoms with E-state index in [4.69, 9.17) is 0 Å². The van der Waals surface area contributed by atoms with Crippen molar-refractivity contribution >= 4 is 11.6 Å². The highest BCUT2D eigenvalue weighted by atomic mass is 19.1.